The van der Waals surface area contributed by atoms with Crippen LogP contribution in [0.5, 0.6) is 5.75 Å². The first-order valence-electron chi connectivity index (χ1n) is 9.88. The number of imide groups is 1. The van der Waals surface area contributed by atoms with E-state index in [1.54, 1.807) is 43.3 Å². The van der Waals surface area contributed by atoms with Crippen molar-refractivity contribution < 1.29 is 23.9 Å². The van der Waals surface area contributed by atoms with E-state index < -0.39 is 23.7 Å². The molecule has 0 radical (unpaired) electrons. The van der Waals surface area contributed by atoms with Gasteiger partial charge in [0.25, 0.3) is 11.1 Å². The minimum absolute atomic E-state index is 0.244. The monoisotopic (exact) mass is 537 g/mol. The molecular weight excluding hydrogens is 518 g/mol. The Kier molecular flexibility index (Phi) is 8.39. The molecule has 0 saturated carbocycles. The number of thioether (sulfide) groups is 1. The van der Waals surface area contributed by atoms with Crippen LogP contribution in [0.25, 0.3) is 6.08 Å². The number of carbonyl (C=O) groups is 3. The van der Waals surface area contributed by atoms with Gasteiger partial charge < -0.3 is 9.47 Å². The summed E-state index contributed by atoms with van der Waals surface area (Å²) in [5.74, 6) is -0.480. The maximum atomic E-state index is 12.6. The van der Waals surface area contributed by atoms with Crippen LogP contribution < -0.4 is 4.74 Å². The van der Waals surface area contributed by atoms with Crippen LogP contribution in [0.4, 0.5) is 4.79 Å². The summed E-state index contributed by atoms with van der Waals surface area (Å²) in [7, 11) is 0. The number of benzene rings is 2. The van der Waals surface area contributed by atoms with Crippen molar-refractivity contribution in [3.05, 3.63) is 68.0 Å². The zero-order valence-corrected chi connectivity index (χ0v) is 20.6. The molecule has 2 aromatic rings. The number of nitrogens with zero attached hydrogens (tertiary/aromatic N) is 1. The predicted molar refractivity (Wildman–Crippen MR) is 128 cm³/mol. The summed E-state index contributed by atoms with van der Waals surface area (Å²) in [5, 5.41) is 0.167. The Balaban J connectivity index is 1.65. The number of hydrogen-bond donors (Lipinski definition) is 0. The van der Waals surface area contributed by atoms with Gasteiger partial charge in [0.05, 0.1) is 15.5 Å². The van der Waals surface area contributed by atoms with Crippen molar-refractivity contribution in [2.24, 2.45) is 0 Å². The van der Waals surface area contributed by atoms with Gasteiger partial charge in [0.1, 0.15) is 18.9 Å². The summed E-state index contributed by atoms with van der Waals surface area (Å²) >= 11 is 10.2. The molecule has 1 saturated heterocycles. The lowest BCUT2D eigenvalue weighted by atomic mass is 10.2. The number of halogens is 2. The van der Waals surface area contributed by atoms with Crippen LogP contribution in [-0.2, 0) is 20.9 Å². The van der Waals surface area contributed by atoms with Gasteiger partial charge in [-0.05, 0) is 82.5 Å². The zero-order chi connectivity index (χ0) is 23.3. The van der Waals surface area contributed by atoms with Gasteiger partial charge in [-0.2, -0.15) is 0 Å². The second-order valence-corrected chi connectivity index (χ2v) is 9.37. The maximum Gasteiger partial charge on any atom is 0.326 e. The van der Waals surface area contributed by atoms with Crippen molar-refractivity contribution in [3.8, 4) is 5.75 Å². The molecule has 32 heavy (non-hydrogen) atoms. The summed E-state index contributed by atoms with van der Waals surface area (Å²) in [6.07, 6.45) is 2.00. The van der Waals surface area contributed by atoms with Crippen molar-refractivity contribution in [2.75, 3.05) is 6.54 Å². The first-order chi connectivity index (χ1) is 15.3. The molecule has 0 aliphatic carbocycles. The number of ether oxygens (including phenoxy) is 2. The first-order valence-corrected chi connectivity index (χ1v) is 11.9. The molecule has 0 unspecified atom stereocenters. The lowest BCUT2D eigenvalue weighted by Gasteiger charge is -2.14. The Morgan fingerprint density at radius 1 is 1.22 bits per heavy atom. The fourth-order valence-corrected chi connectivity index (χ4v) is 4.20. The molecule has 1 aliphatic heterocycles. The third-order valence-electron chi connectivity index (χ3n) is 4.63. The predicted octanol–water partition coefficient (Wildman–Crippen LogP) is 6.06. The van der Waals surface area contributed by atoms with E-state index in [-0.39, 0.29) is 11.0 Å². The molecule has 3 rings (SSSR count). The van der Waals surface area contributed by atoms with Gasteiger partial charge in [0.2, 0.25) is 0 Å². The third-order valence-corrected chi connectivity index (χ3v) is 6.41. The van der Waals surface area contributed by atoms with E-state index in [9.17, 15) is 14.4 Å². The van der Waals surface area contributed by atoms with Crippen molar-refractivity contribution in [1.82, 2.24) is 4.90 Å². The topological polar surface area (TPSA) is 72.9 Å². The average molecular weight is 539 g/mol. The van der Waals surface area contributed by atoms with Crippen LogP contribution in [0.15, 0.2) is 51.8 Å². The zero-order valence-electron chi connectivity index (χ0n) is 17.5. The van der Waals surface area contributed by atoms with Gasteiger partial charge in [-0.15, -0.1) is 0 Å². The van der Waals surface area contributed by atoms with E-state index in [1.165, 1.54) is 0 Å². The van der Waals surface area contributed by atoms with Gasteiger partial charge in [-0.25, -0.2) is 0 Å². The lowest BCUT2D eigenvalue weighted by molar-refractivity contribution is -0.150. The summed E-state index contributed by atoms with van der Waals surface area (Å²) in [5.41, 5.74) is 1.69. The third kappa shape index (κ3) is 6.37. The number of amides is 2. The standard InChI is InChI=1S/C23H21BrClNO5S/c1-3-14(2)31-21(27)12-26-22(28)20(32-23(26)29)11-16-6-9-19(18(24)10-16)30-13-15-4-7-17(25)8-5-15/h4-11,14H,3,12-13H2,1-2H3/b20-11+/t14-/m1/s1. The number of hydrogen-bond acceptors (Lipinski definition) is 6. The second-order valence-electron chi connectivity index (χ2n) is 7.08. The molecule has 1 atom stereocenters. The van der Waals surface area contributed by atoms with E-state index in [2.05, 4.69) is 15.9 Å². The molecule has 0 spiro atoms. The molecule has 0 aromatic heterocycles. The summed E-state index contributed by atoms with van der Waals surface area (Å²) in [6.45, 7) is 3.62. The van der Waals surface area contributed by atoms with E-state index in [4.69, 9.17) is 21.1 Å². The van der Waals surface area contributed by atoms with Crippen LogP contribution in [0.2, 0.25) is 5.02 Å². The highest BCUT2D eigenvalue weighted by Crippen LogP contribution is 2.34. The van der Waals surface area contributed by atoms with E-state index >= 15 is 0 Å². The summed E-state index contributed by atoms with van der Waals surface area (Å²) in [6, 6.07) is 12.7. The highest BCUT2D eigenvalue weighted by Gasteiger charge is 2.36. The normalized spacial score (nSPS) is 15.9. The summed E-state index contributed by atoms with van der Waals surface area (Å²) in [4.78, 5) is 37.9. The number of carbonyl (C=O) groups excluding carboxylic acids is 3. The molecule has 1 aliphatic rings. The largest absolute Gasteiger partial charge is 0.488 e. The summed E-state index contributed by atoms with van der Waals surface area (Å²) < 4.78 is 11.7. The van der Waals surface area contributed by atoms with E-state index in [1.807, 2.05) is 19.1 Å². The van der Waals surface area contributed by atoms with Crippen LogP contribution in [0.1, 0.15) is 31.4 Å². The Hall–Kier alpha value is -2.29. The average Bonchev–Trinajstić information content (AvgIpc) is 3.01. The molecular formula is C23H21BrClNO5S. The lowest BCUT2D eigenvalue weighted by Crippen LogP contribution is -2.35. The smallest absolute Gasteiger partial charge is 0.326 e. The van der Waals surface area contributed by atoms with Crippen LogP contribution in [-0.4, -0.2) is 34.7 Å². The number of esters is 1. The highest BCUT2D eigenvalue weighted by molar-refractivity contribution is 9.10. The van der Waals surface area contributed by atoms with Crippen molar-refractivity contribution in [1.29, 1.82) is 0 Å². The Morgan fingerprint density at radius 2 is 1.94 bits per heavy atom. The van der Waals surface area contributed by atoms with Crippen molar-refractivity contribution >= 4 is 62.5 Å². The Labute approximate surface area is 204 Å². The van der Waals surface area contributed by atoms with Gasteiger partial charge in [-0.1, -0.05) is 36.7 Å². The number of rotatable bonds is 8. The maximum absolute atomic E-state index is 12.6. The Bertz CT molecular complexity index is 1060. The van der Waals surface area contributed by atoms with Gasteiger partial charge >= 0.3 is 5.97 Å². The molecule has 0 bridgehead atoms. The molecule has 9 heteroatoms. The van der Waals surface area contributed by atoms with Crippen molar-refractivity contribution in [3.63, 3.8) is 0 Å². The van der Waals surface area contributed by atoms with E-state index in [0.717, 1.165) is 22.2 Å². The fraction of sp³-hybridized carbons (Fsp3) is 0.261. The molecule has 1 heterocycles. The first kappa shape index (κ1) is 24.4. The molecule has 1 fully saturated rings. The van der Waals surface area contributed by atoms with Gasteiger partial charge in [0.15, 0.2) is 0 Å². The SMILES string of the molecule is CC[C@@H](C)OC(=O)CN1C(=O)S/C(=C/c2ccc(OCc3ccc(Cl)cc3)c(Br)c2)C1=O. The molecule has 2 aromatic carbocycles. The van der Waals surface area contributed by atoms with E-state index in [0.29, 0.717) is 33.8 Å². The minimum Gasteiger partial charge on any atom is -0.488 e. The van der Waals surface area contributed by atoms with Crippen LogP contribution in [0, 0.1) is 0 Å². The van der Waals surface area contributed by atoms with Crippen molar-refractivity contribution in [2.45, 2.75) is 33.0 Å². The fourth-order valence-electron chi connectivity index (χ4n) is 2.73. The molecule has 0 N–H and O–H groups in total. The van der Waals surface area contributed by atoms with Gasteiger partial charge in [-0.3, -0.25) is 19.3 Å². The van der Waals surface area contributed by atoms with Crippen LogP contribution >= 0.6 is 39.3 Å². The quantitative estimate of drug-likeness (QED) is 0.300. The molecule has 168 valence electrons. The second kappa shape index (κ2) is 11.0. The Morgan fingerprint density at radius 3 is 2.59 bits per heavy atom. The molecule has 2 amide bonds. The highest BCUT2D eigenvalue weighted by atomic mass is 79.9. The minimum atomic E-state index is -0.604. The van der Waals surface area contributed by atoms with Crippen LogP contribution in [0.3, 0.4) is 0 Å². The molecule has 6 nitrogen and oxygen atoms in total. The van der Waals surface area contributed by atoms with Gasteiger partial charge in [0, 0.05) is 5.02 Å².